The molecule has 0 fully saturated rings. The van der Waals surface area contributed by atoms with Gasteiger partial charge in [0, 0.05) is 12.6 Å². The van der Waals surface area contributed by atoms with Crippen molar-refractivity contribution < 1.29 is 9.13 Å². The molecular formula is C8H11FN2O. The number of hydrogen-bond acceptors (Lipinski definition) is 3. The van der Waals surface area contributed by atoms with E-state index in [-0.39, 0.29) is 6.54 Å². The van der Waals surface area contributed by atoms with Crippen molar-refractivity contribution in [3.8, 4) is 5.88 Å². The molecule has 0 aliphatic carbocycles. The molecule has 1 atom stereocenters. The molecule has 1 aromatic heterocycles. The number of nitrogens with two attached hydrogens (primary N) is 1. The summed E-state index contributed by atoms with van der Waals surface area (Å²) < 4.78 is 17.8. The number of nitrogens with zero attached hydrogens (tertiary/aromatic N) is 1. The van der Waals surface area contributed by atoms with Gasteiger partial charge >= 0.3 is 0 Å². The third-order valence-corrected chi connectivity index (χ3v) is 1.48. The van der Waals surface area contributed by atoms with Gasteiger partial charge in [-0.05, 0) is 6.07 Å². The summed E-state index contributed by atoms with van der Waals surface area (Å²) in [6, 6.07) is 4.93. The van der Waals surface area contributed by atoms with Crippen molar-refractivity contribution in [2.24, 2.45) is 5.73 Å². The number of hydrogen-bond donors (Lipinski definition) is 1. The number of methoxy groups -OCH3 is 1. The predicted octanol–water partition coefficient (Wildman–Crippen LogP) is 1.06. The van der Waals surface area contributed by atoms with Gasteiger partial charge in [0.05, 0.1) is 12.8 Å². The summed E-state index contributed by atoms with van der Waals surface area (Å²) in [5.41, 5.74) is 5.46. The molecule has 0 saturated heterocycles. The van der Waals surface area contributed by atoms with Crippen LogP contribution < -0.4 is 10.5 Å². The van der Waals surface area contributed by atoms with Crippen molar-refractivity contribution in [1.29, 1.82) is 0 Å². The van der Waals surface area contributed by atoms with E-state index in [1.54, 1.807) is 18.2 Å². The Morgan fingerprint density at radius 1 is 1.67 bits per heavy atom. The SMILES string of the molecule is COc1cccc(C(F)CN)n1. The van der Waals surface area contributed by atoms with E-state index in [1.807, 2.05) is 0 Å². The van der Waals surface area contributed by atoms with Crippen molar-refractivity contribution in [3.05, 3.63) is 23.9 Å². The molecular weight excluding hydrogens is 159 g/mol. The van der Waals surface area contributed by atoms with Gasteiger partial charge in [-0.1, -0.05) is 6.07 Å². The number of aromatic nitrogens is 1. The van der Waals surface area contributed by atoms with Crippen LogP contribution in [-0.2, 0) is 0 Å². The van der Waals surface area contributed by atoms with Crippen LogP contribution in [0.1, 0.15) is 11.9 Å². The van der Waals surface area contributed by atoms with Crippen molar-refractivity contribution in [2.75, 3.05) is 13.7 Å². The van der Waals surface area contributed by atoms with Gasteiger partial charge in [0.15, 0.2) is 6.17 Å². The van der Waals surface area contributed by atoms with Gasteiger partial charge in [0.2, 0.25) is 5.88 Å². The molecule has 2 N–H and O–H groups in total. The van der Waals surface area contributed by atoms with Gasteiger partial charge < -0.3 is 10.5 Å². The molecule has 3 nitrogen and oxygen atoms in total. The van der Waals surface area contributed by atoms with Crippen LogP contribution in [0.15, 0.2) is 18.2 Å². The van der Waals surface area contributed by atoms with E-state index >= 15 is 0 Å². The minimum atomic E-state index is -1.21. The fourth-order valence-corrected chi connectivity index (χ4v) is 0.840. The van der Waals surface area contributed by atoms with Crippen LogP contribution in [0.5, 0.6) is 5.88 Å². The maximum atomic E-state index is 12.9. The van der Waals surface area contributed by atoms with Crippen LogP contribution in [0.25, 0.3) is 0 Å². The largest absolute Gasteiger partial charge is 0.481 e. The average Bonchev–Trinajstić information content (AvgIpc) is 2.17. The van der Waals surface area contributed by atoms with Crippen molar-refractivity contribution >= 4 is 0 Å². The lowest BCUT2D eigenvalue weighted by Gasteiger charge is -2.05. The van der Waals surface area contributed by atoms with Gasteiger partial charge in [-0.15, -0.1) is 0 Å². The molecule has 0 amide bonds. The van der Waals surface area contributed by atoms with E-state index in [4.69, 9.17) is 10.5 Å². The van der Waals surface area contributed by atoms with Crippen LogP contribution in [-0.4, -0.2) is 18.6 Å². The van der Waals surface area contributed by atoms with Crippen LogP contribution in [0.4, 0.5) is 4.39 Å². The highest BCUT2D eigenvalue weighted by Gasteiger charge is 2.08. The highest BCUT2D eigenvalue weighted by Crippen LogP contribution is 2.16. The maximum Gasteiger partial charge on any atom is 0.213 e. The van der Waals surface area contributed by atoms with E-state index in [1.165, 1.54) is 7.11 Å². The first-order valence-electron chi connectivity index (χ1n) is 3.63. The number of alkyl halides is 1. The zero-order chi connectivity index (χ0) is 8.97. The third-order valence-electron chi connectivity index (χ3n) is 1.48. The Kier molecular flexibility index (Phi) is 2.99. The smallest absolute Gasteiger partial charge is 0.213 e. The Morgan fingerprint density at radius 2 is 2.42 bits per heavy atom. The van der Waals surface area contributed by atoms with E-state index in [0.29, 0.717) is 11.6 Å². The summed E-state index contributed by atoms with van der Waals surface area (Å²) in [5.74, 6) is 0.406. The first-order chi connectivity index (χ1) is 5.77. The first kappa shape index (κ1) is 8.93. The summed E-state index contributed by atoms with van der Waals surface area (Å²) in [7, 11) is 1.49. The van der Waals surface area contributed by atoms with Gasteiger partial charge in [-0.2, -0.15) is 0 Å². The third kappa shape index (κ3) is 1.92. The minimum Gasteiger partial charge on any atom is -0.481 e. The zero-order valence-electron chi connectivity index (χ0n) is 6.83. The Hall–Kier alpha value is -1.16. The highest BCUT2D eigenvalue weighted by atomic mass is 19.1. The molecule has 4 heteroatoms. The summed E-state index contributed by atoms with van der Waals surface area (Å²) in [6.45, 7) is -0.0554. The zero-order valence-corrected chi connectivity index (χ0v) is 6.83. The van der Waals surface area contributed by atoms with Crippen LogP contribution in [0.3, 0.4) is 0 Å². The second-order valence-corrected chi connectivity index (χ2v) is 2.31. The van der Waals surface area contributed by atoms with Gasteiger partial charge in [0.25, 0.3) is 0 Å². The number of halogens is 1. The summed E-state index contributed by atoms with van der Waals surface area (Å²) in [6.07, 6.45) is -1.21. The van der Waals surface area contributed by atoms with Crippen molar-refractivity contribution in [2.45, 2.75) is 6.17 Å². The maximum absolute atomic E-state index is 12.9. The predicted molar refractivity (Wildman–Crippen MR) is 43.7 cm³/mol. The molecule has 1 unspecified atom stereocenters. The molecule has 0 saturated carbocycles. The van der Waals surface area contributed by atoms with Gasteiger partial charge in [0.1, 0.15) is 0 Å². The van der Waals surface area contributed by atoms with E-state index < -0.39 is 6.17 Å². The Labute approximate surface area is 70.4 Å². The molecule has 0 radical (unpaired) electrons. The monoisotopic (exact) mass is 170 g/mol. The average molecular weight is 170 g/mol. The van der Waals surface area contributed by atoms with Crippen LogP contribution in [0, 0.1) is 0 Å². The van der Waals surface area contributed by atoms with Crippen molar-refractivity contribution in [1.82, 2.24) is 4.98 Å². The summed E-state index contributed by atoms with van der Waals surface area (Å²) >= 11 is 0. The summed E-state index contributed by atoms with van der Waals surface area (Å²) in [5, 5.41) is 0. The van der Waals surface area contributed by atoms with Crippen LogP contribution in [0.2, 0.25) is 0 Å². The fraction of sp³-hybridized carbons (Fsp3) is 0.375. The van der Waals surface area contributed by atoms with Crippen molar-refractivity contribution in [3.63, 3.8) is 0 Å². The quantitative estimate of drug-likeness (QED) is 0.737. The van der Waals surface area contributed by atoms with E-state index in [9.17, 15) is 4.39 Å². The molecule has 0 spiro atoms. The topological polar surface area (TPSA) is 48.1 Å². The molecule has 12 heavy (non-hydrogen) atoms. The molecule has 1 rings (SSSR count). The van der Waals surface area contributed by atoms with E-state index in [0.717, 1.165) is 0 Å². The standard InChI is InChI=1S/C8H11FN2O/c1-12-8-4-2-3-7(11-8)6(9)5-10/h2-4,6H,5,10H2,1H3. The van der Waals surface area contributed by atoms with Crippen LogP contribution >= 0.6 is 0 Å². The lowest BCUT2D eigenvalue weighted by molar-refractivity contribution is 0.336. The molecule has 0 aliphatic heterocycles. The molecule has 1 heterocycles. The Morgan fingerprint density at radius 3 is 3.00 bits per heavy atom. The molecule has 0 aromatic carbocycles. The number of rotatable bonds is 3. The normalized spacial score (nSPS) is 12.6. The lowest BCUT2D eigenvalue weighted by atomic mass is 10.2. The second kappa shape index (κ2) is 4.01. The highest BCUT2D eigenvalue weighted by molar-refractivity contribution is 5.17. The molecule has 0 aliphatic rings. The Balaban J connectivity index is 2.86. The first-order valence-corrected chi connectivity index (χ1v) is 3.63. The number of pyridine rings is 1. The lowest BCUT2D eigenvalue weighted by Crippen LogP contribution is -2.09. The molecule has 0 bridgehead atoms. The second-order valence-electron chi connectivity index (χ2n) is 2.31. The molecule has 1 aromatic rings. The van der Waals surface area contributed by atoms with Gasteiger partial charge in [-0.25, -0.2) is 9.37 Å². The fourth-order valence-electron chi connectivity index (χ4n) is 0.840. The van der Waals surface area contributed by atoms with E-state index in [2.05, 4.69) is 4.98 Å². The summed E-state index contributed by atoms with van der Waals surface area (Å²) in [4.78, 5) is 3.88. The van der Waals surface area contributed by atoms with Gasteiger partial charge in [-0.3, -0.25) is 0 Å². The Bertz CT molecular complexity index is 255. The molecule has 66 valence electrons. The minimum absolute atomic E-state index is 0.0554. The number of ether oxygens (including phenoxy) is 1.